The van der Waals surface area contributed by atoms with E-state index in [1.54, 1.807) is 23.1 Å². The molecule has 1 aliphatic rings. The van der Waals surface area contributed by atoms with Crippen LogP contribution < -0.4 is 0 Å². The van der Waals surface area contributed by atoms with Crippen molar-refractivity contribution in [3.05, 3.63) is 22.4 Å². The number of carbonyl (C=O) groups excluding carboxylic acids is 1. The van der Waals surface area contributed by atoms with Gasteiger partial charge in [-0.2, -0.15) is 0 Å². The summed E-state index contributed by atoms with van der Waals surface area (Å²) in [6.07, 6.45) is 2.38. The van der Waals surface area contributed by atoms with Crippen LogP contribution in [0.15, 0.2) is 17.5 Å². The molecular formula is C13H17NO3S2. The molecule has 1 aromatic rings. The normalized spacial score (nSPS) is 19.4. The molecule has 1 fully saturated rings. The Morgan fingerprint density at radius 3 is 3.00 bits per heavy atom. The Labute approximate surface area is 120 Å². The SMILES string of the molecule is O=C(O)[C@@H]1CCCCN1C(=O)CSCc1cccs1. The minimum absolute atomic E-state index is 0.0475. The molecule has 1 atom stereocenters. The number of rotatable bonds is 5. The van der Waals surface area contributed by atoms with E-state index >= 15 is 0 Å². The van der Waals surface area contributed by atoms with Crippen molar-refractivity contribution >= 4 is 35.0 Å². The van der Waals surface area contributed by atoms with E-state index in [-0.39, 0.29) is 5.91 Å². The van der Waals surface area contributed by atoms with Gasteiger partial charge in [0.1, 0.15) is 6.04 Å². The minimum Gasteiger partial charge on any atom is -0.480 e. The zero-order valence-electron chi connectivity index (χ0n) is 10.6. The summed E-state index contributed by atoms with van der Waals surface area (Å²) >= 11 is 3.23. The third-order valence-electron chi connectivity index (χ3n) is 3.16. The van der Waals surface area contributed by atoms with Gasteiger partial charge >= 0.3 is 5.97 Å². The van der Waals surface area contributed by atoms with Gasteiger partial charge in [-0.15, -0.1) is 23.1 Å². The largest absolute Gasteiger partial charge is 0.480 e. The summed E-state index contributed by atoms with van der Waals surface area (Å²) in [5, 5.41) is 11.2. The van der Waals surface area contributed by atoms with E-state index in [9.17, 15) is 9.59 Å². The third kappa shape index (κ3) is 3.98. The van der Waals surface area contributed by atoms with Gasteiger partial charge in [-0.05, 0) is 30.7 Å². The first-order valence-corrected chi connectivity index (χ1v) is 8.34. The quantitative estimate of drug-likeness (QED) is 0.907. The Balaban J connectivity index is 1.82. The van der Waals surface area contributed by atoms with Crippen LogP contribution in [-0.4, -0.2) is 40.2 Å². The number of carboxylic acid groups (broad SMARTS) is 1. The van der Waals surface area contributed by atoms with Crippen LogP contribution in [0, 0.1) is 0 Å². The van der Waals surface area contributed by atoms with Crippen molar-refractivity contribution in [3.63, 3.8) is 0 Å². The van der Waals surface area contributed by atoms with Gasteiger partial charge in [0.15, 0.2) is 0 Å². The highest BCUT2D eigenvalue weighted by Crippen LogP contribution is 2.21. The van der Waals surface area contributed by atoms with Crippen LogP contribution in [0.1, 0.15) is 24.1 Å². The fraction of sp³-hybridized carbons (Fsp3) is 0.538. The van der Waals surface area contributed by atoms with Crippen LogP contribution >= 0.6 is 23.1 Å². The van der Waals surface area contributed by atoms with E-state index < -0.39 is 12.0 Å². The highest BCUT2D eigenvalue weighted by molar-refractivity contribution is 7.99. The number of carbonyl (C=O) groups is 2. The van der Waals surface area contributed by atoms with Crippen LogP contribution in [0.2, 0.25) is 0 Å². The molecule has 2 heterocycles. The van der Waals surface area contributed by atoms with Gasteiger partial charge in [0.05, 0.1) is 5.75 Å². The van der Waals surface area contributed by atoms with Gasteiger partial charge in [0.2, 0.25) is 5.91 Å². The summed E-state index contributed by atoms with van der Waals surface area (Å²) in [7, 11) is 0. The first-order chi connectivity index (χ1) is 9.18. The lowest BCUT2D eigenvalue weighted by atomic mass is 10.0. The number of aliphatic carboxylic acids is 1. The number of carboxylic acids is 1. The van der Waals surface area contributed by atoms with Crippen LogP contribution in [0.5, 0.6) is 0 Å². The third-order valence-corrected chi connectivity index (χ3v) is 5.18. The summed E-state index contributed by atoms with van der Waals surface area (Å²) in [6.45, 7) is 0.579. The second-order valence-electron chi connectivity index (χ2n) is 4.51. The summed E-state index contributed by atoms with van der Waals surface area (Å²) in [5.41, 5.74) is 0. The van der Waals surface area contributed by atoms with Crippen LogP contribution in [-0.2, 0) is 15.3 Å². The van der Waals surface area contributed by atoms with Crippen LogP contribution in [0.25, 0.3) is 0 Å². The number of hydrogen-bond donors (Lipinski definition) is 1. The standard InChI is InChI=1S/C13H17NO3S2/c15-12(9-18-8-10-4-3-7-19-10)14-6-2-1-5-11(14)13(16)17/h3-4,7,11H,1-2,5-6,8-9H2,(H,16,17)/t11-/m0/s1. The Morgan fingerprint density at radius 2 is 2.32 bits per heavy atom. The molecule has 1 amide bonds. The fourth-order valence-electron chi connectivity index (χ4n) is 2.20. The van der Waals surface area contributed by atoms with Gasteiger partial charge in [0, 0.05) is 17.2 Å². The highest BCUT2D eigenvalue weighted by Gasteiger charge is 2.31. The van der Waals surface area contributed by atoms with Gasteiger partial charge < -0.3 is 10.0 Å². The Hall–Kier alpha value is -1.01. The van der Waals surface area contributed by atoms with E-state index in [4.69, 9.17) is 5.11 Å². The Bertz CT molecular complexity index is 433. The first-order valence-electron chi connectivity index (χ1n) is 6.31. The average molecular weight is 299 g/mol. The van der Waals surface area contributed by atoms with Crippen LogP contribution in [0.4, 0.5) is 0 Å². The molecule has 6 heteroatoms. The van der Waals surface area contributed by atoms with Gasteiger partial charge in [0.25, 0.3) is 0 Å². The van der Waals surface area contributed by atoms with Gasteiger partial charge in [-0.25, -0.2) is 4.79 Å². The molecule has 0 radical (unpaired) electrons. The molecule has 4 nitrogen and oxygen atoms in total. The molecule has 2 rings (SSSR count). The van der Waals surface area contributed by atoms with E-state index in [0.717, 1.165) is 18.6 Å². The van der Waals surface area contributed by atoms with E-state index in [0.29, 0.717) is 18.7 Å². The smallest absolute Gasteiger partial charge is 0.326 e. The van der Waals surface area contributed by atoms with E-state index in [1.807, 2.05) is 17.5 Å². The number of thiophene rings is 1. The van der Waals surface area contributed by atoms with Crippen molar-refractivity contribution in [2.75, 3.05) is 12.3 Å². The number of amides is 1. The maximum Gasteiger partial charge on any atom is 0.326 e. The number of piperidine rings is 1. The minimum atomic E-state index is -0.878. The molecule has 19 heavy (non-hydrogen) atoms. The maximum atomic E-state index is 12.1. The van der Waals surface area contributed by atoms with Crippen molar-refractivity contribution in [2.45, 2.75) is 31.1 Å². The van der Waals surface area contributed by atoms with E-state index in [1.165, 1.54) is 9.78 Å². The zero-order chi connectivity index (χ0) is 13.7. The van der Waals surface area contributed by atoms with Gasteiger partial charge in [-0.3, -0.25) is 4.79 Å². The lowest BCUT2D eigenvalue weighted by Gasteiger charge is -2.32. The second kappa shape index (κ2) is 6.96. The molecule has 104 valence electrons. The molecule has 0 unspecified atom stereocenters. The fourth-order valence-corrected chi connectivity index (χ4v) is 3.95. The monoisotopic (exact) mass is 299 g/mol. The molecule has 1 saturated heterocycles. The second-order valence-corrected chi connectivity index (χ2v) is 6.53. The van der Waals surface area contributed by atoms with Crippen molar-refractivity contribution in [1.82, 2.24) is 4.90 Å². The number of hydrogen-bond acceptors (Lipinski definition) is 4. The number of nitrogens with zero attached hydrogens (tertiary/aromatic N) is 1. The van der Waals surface area contributed by atoms with Crippen molar-refractivity contribution in [1.29, 1.82) is 0 Å². The zero-order valence-corrected chi connectivity index (χ0v) is 12.2. The van der Waals surface area contributed by atoms with Crippen molar-refractivity contribution in [2.24, 2.45) is 0 Å². The molecule has 0 bridgehead atoms. The number of likely N-dealkylation sites (tertiary alicyclic amines) is 1. The molecule has 0 saturated carbocycles. The molecule has 1 aliphatic heterocycles. The highest BCUT2D eigenvalue weighted by atomic mass is 32.2. The maximum absolute atomic E-state index is 12.1. The summed E-state index contributed by atoms with van der Waals surface area (Å²) in [4.78, 5) is 26.0. The average Bonchev–Trinajstić information content (AvgIpc) is 2.91. The van der Waals surface area contributed by atoms with Crippen LogP contribution in [0.3, 0.4) is 0 Å². The van der Waals surface area contributed by atoms with Gasteiger partial charge in [-0.1, -0.05) is 6.07 Å². The van der Waals surface area contributed by atoms with Crippen molar-refractivity contribution < 1.29 is 14.7 Å². The molecular weight excluding hydrogens is 282 g/mol. The lowest BCUT2D eigenvalue weighted by Crippen LogP contribution is -2.48. The number of thioether (sulfide) groups is 1. The summed E-state index contributed by atoms with van der Waals surface area (Å²) in [5.74, 6) is 0.251. The molecule has 0 aromatic carbocycles. The first kappa shape index (κ1) is 14.4. The topological polar surface area (TPSA) is 57.6 Å². The molecule has 0 aliphatic carbocycles. The lowest BCUT2D eigenvalue weighted by molar-refractivity contribution is -0.150. The predicted octanol–water partition coefficient (Wildman–Crippen LogP) is 2.45. The molecule has 1 N–H and O–H groups in total. The molecule has 1 aromatic heterocycles. The summed E-state index contributed by atoms with van der Waals surface area (Å²) < 4.78 is 0. The molecule has 0 spiro atoms. The van der Waals surface area contributed by atoms with E-state index in [2.05, 4.69) is 0 Å². The van der Waals surface area contributed by atoms with Crippen molar-refractivity contribution in [3.8, 4) is 0 Å². The summed E-state index contributed by atoms with van der Waals surface area (Å²) in [6, 6.07) is 3.42. The Morgan fingerprint density at radius 1 is 1.47 bits per heavy atom. The Kier molecular flexibility index (Phi) is 5.27. The predicted molar refractivity (Wildman–Crippen MR) is 77.5 cm³/mol.